The Morgan fingerprint density at radius 2 is 1.97 bits per heavy atom. The van der Waals surface area contributed by atoms with E-state index in [4.69, 9.17) is 21.7 Å². The fraction of sp³-hybridized carbons (Fsp3) is 0.400. The van der Waals surface area contributed by atoms with Crippen molar-refractivity contribution in [2.24, 2.45) is 0 Å². The van der Waals surface area contributed by atoms with Crippen LogP contribution in [-0.4, -0.2) is 40.8 Å². The normalized spacial score (nSPS) is 10.9. The number of hydrogen-bond donors (Lipinski definition) is 1. The molecule has 0 spiro atoms. The molecule has 2 heterocycles. The van der Waals surface area contributed by atoms with Crippen molar-refractivity contribution in [2.45, 2.75) is 33.4 Å². The number of hydrogen-bond acceptors (Lipinski definition) is 7. The number of rotatable bonds is 8. The summed E-state index contributed by atoms with van der Waals surface area (Å²) in [6, 6.07) is 5.63. The summed E-state index contributed by atoms with van der Waals surface area (Å²) in [5, 5.41) is 2.86. The molecular formula is C20H24N4O4S2. The molecule has 8 nitrogen and oxygen atoms in total. The molecule has 0 saturated carbocycles. The minimum atomic E-state index is -0.250. The monoisotopic (exact) mass is 448 g/mol. The van der Waals surface area contributed by atoms with Gasteiger partial charge in [0, 0.05) is 13.1 Å². The lowest BCUT2D eigenvalue weighted by Crippen LogP contribution is -2.34. The van der Waals surface area contributed by atoms with Gasteiger partial charge in [0.2, 0.25) is 5.91 Å². The van der Waals surface area contributed by atoms with E-state index >= 15 is 0 Å². The van der Waals surface area contributed by atoms with Gasteiger partial charge >= 0.3 is 0 Å². The summed E-state index contributed by atoms with van der Waals surface area (Å²) in [6.07, 6.45) is 0.623. The number of nitrogens with one attached hydrogen (secondary N) is 1. The molecule has 0 unspecified atom stereocenters. The first-order valence-electron chi connectivity index (χ1n) is 9.48. The molecule has 0 saturated heterocycles. The van der Waals surface area contributed by atoms with Crippen LogP contribution in [-0.2, 0) is 24.3 Å². The lowest BCUT2D eigenvalue weighted by Gasteiger charge is -2.12. The van der Waals surface area contributed by atoms with Crippen LogP contribution in [0.25, 0.3) is 10.3 Å². The summed E-state index contributed by atoms with van der Waals surface area (Å²) in [5.41, 5.74) is 1.35. The highest BCUT2D eigenvalue weighted by Gasteiger charge is 2.16. The van der Waals surface area contributed by atoms with Crippen molar-refractivity contribution in [3.05, 3.63) is 43.9 Å². The van der Waals surface area contributed by atoms with E-state index in [0.29, 0.717) is 51.1 Å². The standard InChI is InChI=1S/C20H24N4O4S2/c1-5-23-18-17(30-20(23)29)19(26)24(12(2)22-18)11-16(25)21-9-8-13-6-7-14(27-3)15(10-13)28-4/h6-7,10H,5,8-9,11H2,1-4H3,(H,21,25). The fourth-order valence-electron chi connectivity index (χ4n) is 3.18. The van der Waals surface area contributed by atoms with E-state index in [1.807, 2.05) is 29.7 Å². The summed E-state index contributed by atoms with van der Waals surface area (Å²) < 4.78 is 14.8. The fourth-order valence-corrected chi connectivity index (χ4v) is 4.59. The highest BCUT2D eigenvalue weighted by Crippen LogP contribution is 2.27. The largest absolute Gasteiger partial charge is 0.493 e. The average molecular weight is 449 g/mol. The molecule has 0 fully saturated rings. The maximum Gasteiger partial charge on any atom is 0.273 e. The Labute approximate surface area is 183 Å². The highest BCUT2D eigenvalue weighted by molar-refractivity contribution is 7.73. The van der Waals surface area contributed by atoms with Crippen LogP contribution in [0.2, 0.25) is 0 Å². The molecule has 30 heavy (non-hydrogen) atoms. The SMILES string of the molecule is CCn1c(=S)sc2c(=O)n(CC(=O)NCCc3ccc(OC)c(OC)c3)c(C)nc21. The first-order chi connectivity index (χ1) is 14.4. The molecule has 2 aromatic heterocycles. The van der Waals surface area contributed by atoms with Crippen molar-refractivity contribution >= 4 is 39.8 Å². The van der Waals surface area contributed by atoms with Crippen LogP contribution in [0.4, 0.5) is 0 Å². The molecule has 0 aliphatic heterocycles. The summed E-state index contributed by atoms with van der Waals surface area (Å²) in [4.78, 5) is 29.8. The highest BCUT2D eigenvalue weighted by atomic mass is 32.1. The number of aromatic nitrogens is 3. The first-order valence-corrected chi connectivity index (χ1v) is 10.7. The Morgan fingerprint density at radius 3 is 2.63 bits per heavy atom. The predicted molar refractivity (Wildman–Crippen MR) is 119 cm³/mol. The summed E-state index contributed by atoms with van der Waals surface area (Å²) >= 11 is 6.55. The number of aryl methyl sites for hydroxylation is 2. The van der Waals surface area contributed by atoms with Gasteiger partial charge in [-0.25, -0.2) is 4.98 Å². The third-order valence-electron chi connectivity index (χ3n) is 4.77. The molecule has 1 N–H and O–H groups in total. The molecule has 0 aliphatic rings. The van der Waals surface area contributed by atoms with Crippen LogP contribution in [0.5, 0.6) is 11.5 Å². The lowest BCUT2D eigenvalue weighted by atomic mass is 10.1. The second kappa shape index (κ2) is 9.40. The van der Waals surface area contributed by atoms with Crippen molar-refractivity contribution in [1.29, 1.82) is 0 Å². The predicted octanol–water partition coefficient (Wildman–Crippen LogP) is 2.69. The molecule has 1 aromatic carbocycles. The molecule has 0 bridgehead atoms. The quantitative estimate of drug-likeness (QED) is 0.533. The van der Waals surface area contributed by atoms with E-state index in [2.05, 4.69) is 10.3 Å². The Bertz CT molecular complexity index is 1200. The van der Waals surface area contributed by atoms with Crippen molar-refractivity contribution in [3.8, 4) is 11.5 Å². The van der Waals surface area contributed by atoms with Crippen molar-refractivity contribution < 1.29 is 14.3 Å². The summed E-state index contributed by atoms with van der Waals surface area (Å²) in [7, 11) is 3.17. The van der Waals surface area contributed by atoms with E-state index in [1.165, 1.54) is 15.9 Å². The number of amides is 1. The Hall–Kier alpha value is -2.72. The zero-order valence-electron chi connectivity index (χ0n) is 17.4. The van der Waals surface area contributed by atoms with Crippen LogP contribution in [0.15, 0.2) is 23.0 Å². The average Bonchev–Trinajstić information content (AvgIpc) is 3.06. The lowest BCUT2D eigenvalue weighted by molar-refractivity contribution is -0.121. The molecule has 3 aromatic rings. The maximum atomic E-state index is 12.9. The van der Waals surface area contributed by atoms with Gasteiger partial charge in [0.25, 0.3) is 5.56 Å². The van der Waals surface area contributed by atoms with E-state index in [1.54, 1.807) is 21.1 Å². The number of carbonyl (C=O) groups is 1. The molecule has 10 heteroatoms. The van der Waals surface area contributed by atoms with Crippen LogP contribution in [0.3, 0.4) is 0 Å². The Balaban J connectivity index is 1.69. The van der Waals surface area contributed by atoms with Gasteiger partial charge in [0.05, 0.1) is 14.2 Å². The van der Waals surface area contributed by atoms with Crippen LogP contribution < -0.4 is 20.3 Å². The maximum absolute atomic E-state index is 12.9. The molecule has 1 amide bonds. The molecule has 0 radical (unpaired) electrons. The molecule has 3 rings (SSSR count). The van der Waals surface area contributed by atoms with Gasteiger partial charge in [0.1, 0.15) is 17.1 Å². The molecule has 0 atom stereocenters. The third-order valence-corrected chi connectivity index (χ3v) is 6.19. The van der Waals surface area contributed by atoms with Gasteiger partial charge in [-0.1, -0.05) is 17.4 Å². The third kappa shape index (κ3) is 4.39. The van der Waals surface area contributed by atoms with Gasteiger partial charge in [-0.15, -0.1) is 0 Å². The van der Waals surface area contributed by atoms with Gasteiger partial charge in [-0.05, 0) is 50.2 Å². The smallest absolute Gasteiger partial charge is 0.273 e. The van der Waals surface area contributed by atoms with Gasteiger partial charge in [-0.2, -0.15) is 0 Å². The van der Waals surface area contributed by atoms with Crippen LogP contribution in [0, 0.1) is 10.9 Å². The minimum absolute atomic E-state index is 0.0870. The zero-order valence-corrected chi connectivity index (χ0v) is 19.0. The van der Waals surface area contributed by atoms with E-state index in [9.17, 15) is 9.59 Å². The van der Waals surface area contributed by atoms with Crippen LogP contribution in [0.1, 0.15) is 18.3 Å². The number of thiazole rings is 1. The van der Waals surface area contributed by atoms with Crippen molar-refractivity contribution in [1.82, 2.24) is 19.4 Å². The topological polar surface area (TPSA) is 87.4 Å². The van der Waals surface area contributed by atoms with Gasteiger partial charge in [-0.3, -0.25) is 14.2 Å². The summed E-state index contributed by atoms with van der Waals surface area (Å²) in [5.74, 6) is 1.53. The second-order valence-electron chi connectivity index (χ2n) is 6.60. The van der Waals surface area contributed by atoms with Crippen molar-refractivity contribution in [3.63, 3.8) is 0 Å². The van der Waals surface area contributed by atoms with Crippen LogP contribution >= 0.6 is 23.6 Å². The molecular weight excluding hydrogens is 424 g/mol. The van der Waals surface area contributed by atoms with Gasteiger partial charge < -0.3 is 19.4 Å². The number of nitrogens with zero attached hydrogens (tertiary/aromatic N) is 3. The Morgan fingerprint density at radius 1 is 1.23 bits per heavy atom. The number of carbonyl (C=O) groups excluding carboxylic acids is 1. The second-order valence-corrected chi connectivity index (χ2v) is 8.25. The summed E-state index contributed by atoms with van der Waals surface area (Å²) in [6.45, 7) is 4.67. The minimum Gasteiger partial charge on any atom is -0.493 e. The first kappa shape index (κ1) is 22.0. The molecule has 160 valence electrons. The van der Waals surface area contributed by atoms with Gasteiger partial charge in [0.15, 0.2) is 21.1 Å². The van der Waals surface area contributed by atoms with E-state index in [-0.39, 0.29) is 18.0 Å². The molecule has 0 aliphatic carbocycles. The Kier molecular flexibility index (Phi) is 6.88. The van der Waals surface area contributed by atoms with E-state index < -0.39 is 0 Å². The van der Waals surface area contributed by atoms with E-state index in [0.717, 1.165) is 5.56 Å². The zero-order chi connectivity index (χ0) is 21.8. The van der Waals surface area contributed by atoms with Crippen molar-refractivity contribution in [2.75, 3.05) is 20.8 Å². The number of fused-ring (bicyclic) bond motifs is 1. The number of benzene rings is 1. The number of methoxy groups -OCH3 is 2. The number of ether oxygens (including phenoxy) is 2.